The summed E-state index contributed by atoms with van der Waals surface area (Å²) >= 11 is 0. The molecule has 156 valence electrons. The fourth-order valence-corrected chi connectivity index (χ4v) is 3.03. The lowest BCUT2D eigenvalue weighted by Crippen LogP contribution is -2.48. The lowest BCUT2D eigenvalue weighted by Gasteiger charge is -2.35. The van der Waals surface area contributed by atoms with Crippen molar-refractivity contribution < 1.29 is 4.74 Å². The van der Waals surface area contributed by atoms with Gasteiger partial charge in [0.05, 0.1) is 19.3 Å². The highest BCUT2D eigenvalue weighted by molar-refractivity contribution is 14.0. The summed E-state index contributed by atoms with van der Waals surface area (Å²) in [6, 6.07) is 0. The minimum absolute atomic E-state index is 0. The van der Waals surface area contributed by atoms with E-state index < -0.39 is 0 Å². The lowest BCUT2D eigenvalue weighted by molar-refractivity contribution is -0.00808. The van der Waals surface area contributed by atoms with Crippen molar-refractivity contribution in [3.8, 4) is 0 Å². The van der Waals surface area contributed by atoms with Gasteiger partial charge < -0.3 is 19.5 Å². The van der Waals surface area contributed by atoms with Crippen LogP contribution in [-0.2, 0) is 25.4 Å². The van der Waals surface area contributed by atoms with E-state index in [4.69, 9.17) is 9.73 Å². The van der Waals surface area contributed by atoms with Crippen LogP contribution < -0.4 is 5.32 Å². The summed E-state index contributed by atoms with van der Waals surface area (Å²) < 4.78 is 9.75. The quantitative estimate of drug-likeness (QED) is 0.281. The summed E-state index contributed by atoms with van der Waals surface area (Å²) in [5.74, 6) is 2.66. The Kier molecular flexibility index (Phi) is 8.67. The van der Waals surface area contributed by atoms with Gasteiger partial charge in [-0.25, -0.2) is 4.99 Å². The Labute approximate surface area is 183 Å². The lowest BCUT2D eigenvalue weighted by atomic mass is 10.1. The van der Waals surface area contributed by atoms with Crippen LogP contribution in [0.2, 0.25) is 0 Å². The Morgan fingerprint density at radius 1 is 1.36 bits per heavy atom. The Hall–Kier alpha value is -1.69. The van der Waals surface area contributed by atoms with Gasteiger partial charge in [0.15, 0.2) is 11.8 Å². The third-order valence-electron chi connectivity index (χ3n) is 4.83. The number of nitrogens with zero attached hydrogens (tertiary/aromatic N) is 7. The third kappa shape index (κ3) is 5.66. The molecular formula is C18H31IN8O. The molecule has 3 rings (SSSR count). The van der Waals surface area contributed by atoms with E-state index in [0.29, 0.717) is 13.2 Å². The van der Waals surface area contributed by atoms with Crippen molar-refractivity contribution in [3.05, 3.63) is 29.6 Å². The molecule has 1 aliphatic rings. The fraction of sp³-hybridized carbons (Fsp3) is 0.667. The highest BCUT2D eigenvalue weighted by Gasteiger charge is 2.25. The summed E-state index contributed by atoms with van der Waals surface area (Å²) in [4.78, 5) is 7.09. The van der Waals surface area contributed by atoms with Crippen molar-refractivity contribution in [2.75, 3.05) is 26.2 Å². The van der Waals surface area contributed by atoms with E-state index in [9.17, 15) is 0 Å². The first-order chi connectivity index (χ1) is 13.1. The van der Waals surface area contributed by atoms with Gasteiger partial charge in [-0.1, -0.05) is 13.3 Å². The van der Waals surface area contributed by atoms with Gasteiger partial charge in [0.25, 0.3) is 0 Å². The Balaban J connectivity index is 0.00000280. The SMILES string of the molecule is CCCCNC(=NCc1nnc(C)n1C)N1CCOC(c2cnn(C)c2)C1.I. The maximum atomic E-state index is 5.96. The van der Waals surface area contributed by atoms with Crippen molar-refractivity contribution in [2.24, 2.45) is 19.1 Å². The molecule has 0 amide bonds. The predicted octanol–water partition coefficient (Wildman–Crippen LogP) is 1.79. The smallest absolute Gasteiger partial charge is 0.194 e. The number of nitrogens with one attached hydrogen (secondary N) is 1. The molecule has 1 N–H and O–H groups in total. The minimum atomic E-state index is 0. The second-order valence-corrected chi connectivity index (χ2v) is 6.90. The zero-order valence-corrected chi connectivity index (χ0v) is 19.5. The Morgan fingerprint density at radius 2 is 2.18 bits per heavy atom. The van der Waals surface area contributed by atoms with E-state index >= 15 is 0 Å². The topological polar surface area (TPSA) is 85.4 Å². The molecule has 1 atom stereocenters. The number of morpholine rings is 1. The molecule has 2 aromatic heterocycles. The van der Waals surface area contributed by atoms with Gasteiger partial charge in [-0.05, 0) is 13.3 Å². The monoisotopic (exact) mass is 502 g/mol. The first kappa shape index (κ1) is 22.6. The molecule has 2 aromatic rings. The van der Waals surface area contributed by atoms with Crippen LogP contribution in [0, 0.1) is 6.92 Å². The van der Waals surface area contributed by atoms with Gasteiger partial charge in [-0.2, -0.15) is 5.10 Å². The molecule has 0 saturated carbocycles. The van der Waals surface area contributed by atoms with Crippen LogP contribution in [0.3, 0.4) is 0 Å². The molecule has 1 unspecified atom stereocenters. The summed E-state index contributed by atoms with van der Waals surface area (Å²) in [5.41, 5.74) is 1.10. The van der Waals surface area contributed by atoms with E-state index in [-0.39, 0.29) is 30.1 Å². The predicted molar refractivity (Wildman–Crippen MR) is 119 cm³/mol. The number of aryl methyl sites for hydroxylation is 2. The summed E-state index contributed by atoms with van der Waals surface area (Å²) in [7, 11) is 3.89. The van der Waals surface area contributed by atoms with Crippen molar-refractivity contribution in [1.82, 2.24) is 34.8 Å². The van der Waals surface area contributed by atoms with Crippen LogP contribution in [0.5, 0.6) is 0 Å². The number of unbranched alkanes of at least 4 members (excludes halogenated alkanes) is 1. The second kappa shape index (κ2) is 10.7. The first-order valence-electron chi connectivity index (χ1n) is 9.56. The summed E-state index contributed by atoms with van der Waals surface area (Å²) in [5, 5.41) is 16.1. The van der Waals surface area contributed by atoms with Crippen LogP contribution in [0.1, 0.15) is 43.1 Å². The Bertz CT molecular complexity index is 771. The number of aliphatic imine (C=N–C) groups is 1. The molecule has 28 heavy (non-hydrogen) atoms. The summed E-state index contributed by atoms with van der Waals surface area (Å²) in [6.45, 7) is 7.77. The number of guanidine groups is 1. The molecule has 0 aromatic carbocycles. The molecule has 3 heterocycles. The number of hydrogen-bond acceptors (Lipinski definition) is 5. The summed E-state index contributed by atoms with van der Waals surface area (Å²) in [6.07, 6.45) is 6.14. The Morgan fingerprint density at radius 3 is 2.82 bits per heavy atom. The normalized spacial score (nSPS) is 17.5. The van der Waals surface area contributed by atoms with Gasteiger partial charge in [0, 0.05) is 38.9 Å². The second-order valence-electron chi connectivity index (χ2n) is 6.90. The number of rotatable bonds is 6. The average molecular weight is 502 g/mol. The minimum Gasteiger partial charge on any atom is -0.370 e. The molecule has 0 aliphatic carbocycles. The molecule has 1 aliphatic heterocycles. The molecule has 1 fully saturated rings. The third-order valence-corrected chi connectivity index (χ3v) is 4.83. The van der Waals surface area contributed by atoms with E-state index in [1.165, 1.54) is 0 Å². The first-order valence-corrected chi connectivity index (χ1v) is 9.56. The molecule has 0 spiro atoms. The zero-order chi connectivity index (χ0) is 19.2. The van der Waals surface area contributed by atoms with Gasteiger partial charge in [0.2, 0.25) is 0 Å². The average Bonchev–Trinajstić information content (AvgIpc) is 3.25. The van der Waals surface area contributed by atoms with E-state index in [2.05, 4.69) is 32.4 Å². The molecular weight excluding hydrogens is 471 g/mol. The van der Waals surface area contributed by atoms with E-state index in [0.717, 1.165) is 55.6 Å². The highest BCUT2D eigenvalue weighted by atomic mass is 127. The van der Waals surface area contributed by atoms with Gasteiger partial charge in [-0.3, -0.25) is 4.68 Å². The number of halogens is 1. The highest BCUT2D eigenvalue weighted by Crippen LogP contribution is 2.21. The van der Waals surface area contributed by atoms with Gasteiger partial charge >= 0.3 is 0 Å². The number of hydrogen-bond donors (Lipinski definition) is 1. The van der Waals surface area contributed by atoms with E-state index in [1.807, 2.05) is 42.7 Å². The standard InChI is InChI=1S/C18H30N8O.HI/c1-5-6-7-19-18(20-11-17-23-22-14(2)25(17)4)26-8-9-27-16(13-26)15-10-21-24(3)12-15;/h10,12,16H,5-9,11,13H2,1-4H3,(H,19,20);1H. The van der Waals surface area contributed by atoms with Crippen LogP contribution in [0.25, 0.3) is 0 Å². The van der Waals surface area contributed by atoms with Crippen molar-refractivity contribution in [3.63, 3.8) is 0 Å². The van der Waals surface area contributed by atoms with Crippen LogP contribution in [-0.4, -0.2) is 61.6 Å². The maximum absolute atomic E-state index is 5.96. The van der Waals surface area contributed by atoms with Crippen LogP contribution in [0.15, 0.2) is 17.4 Å². The molecule has 1 saturated heterocycles. The van der Waals surface area contributed by atoms with Crippen LogP contribution in [0.4, 0.5) is 0 Å². The number of ether oxygens (including phenoxy) is 1. The molecule has 9 nitrogen and oxygen atoms in total. The molecule has 0 bridgehead atoms. The largest absolute Gasteiger partial charge is 0.370 e. The fourth-order valence-electron chi connectivity index (χ4n) is 3.03. The molecule has 0 radical (unpaired) electrons. The van der Waals surface area contributed by atoms with Gasteiger partial charge in [0.1, 0.15) is 18.5 Å². The van der Waals surface area contributed by atoms with Crippen molar-refractivity contribution in [2.45, 2.75) is 39.3 Å². The molecule has 10 heteroatoms. The van der Waals surface area contributed by atoms with Crippen molar-refractivity contribution in [1.29, 1.82) is 0 Å². The maximum Gasteiger partial charge on any atom is 0.194 e. The van der Waals surface area contributed by atoms with Crippen molar-refractivity contribution >= 4 is 29.9 Å². The zero-order valence-electron chi connectivity index (χ0n) is 17.1. The number of aromatic nitrogens is 5. The van der Waals surface area contributed by atoms with Gasteiger partial charge in [-0.15, -0.1) is 34.2 Å². The van der Waals surface area contributed by atoms with E-state index in [1.54, 1.807) is 0 Å². The van der Waals surface area contributed by atoms with Crippen LogP contribution >= 0.6 is 24.0 Å².